The van der Waals surface area contributed by atoms with Crippen molar-refractivity contribution in [3.05, 3.63) is 93.4 Å². The highest BCUT2D eigenvalue weighted by atomic mass is 35.5. The molecule has 0 radical (unpaired) electrons. The SMILES string of the molecule is Clc1cc(Cl)c(N/N=C(\C=Nc2ccccc2)c2ccccc2)c(Cl)c1. The number of hydrazone groups is 1. The van der Waals surface area contributed by atoms with E-state index in [1.807, 2.05) is 60.7 Å². The van der Waals surface area contributed by atoms with E-state index in [0.717, 1.165) is 11.3 Å². The molecule has 0 saturated heterocycles. The molecule has 3 aromatic rings. The Morgan fingerprint density at radius 3 is 2.00 bits per heavy atom. The van der Waals surface area contributed by atoms with E-state index in [9.17, 15) is 0 Å². The van der Waals surface area contributed by atoms with Gasteiger partial charge in [-0.2, -0.15) is 5.10 Å². The summed E-state index contributed by atoms with van der Waals surface area (Å²) < 4.78 is 0. The van der Waals surface area contributed by atoms with Gasteiger partial charge in [0.25, 0.3) is 0 Å². The van der Waals surface area contributed by atoms with Crippen molar-refractivity contribution in [2.45, 2.75) is 0 Å². The molecular weight excluding hydrogens is 389 g/mol. The minimum absolute atomic E-state index is 0.388. The second-order valence-electron chi connectivity index (χ2n) is 5.31. The van der Waals surface area contributed by atoms with Gasteiger partial charge >= 0.3 is 0 Å². The number of hydrogen-bond donors (Lipinski definition) is 1. The lowest BCUT2D eigenvalue weighted by Gasteiger charge is -2.08. The molecule has 0 fully saturated rings. The lowest BCUT2D eigenvalue weighted by Crippen LogP contribution is -2.06. The molecule has 3 nitrogen and oxygen atoms in total. The highest BCUT2D eigenvalue weighted by Gasteiger charge is 2.08. The third-order valence-electron chi connectivity index (χ3n) is 3.46. The van der Waals surface area contributed by atoms with Gasteiger partial charge in [0, 0.05) is 10.6 Å². The van der Waals surface area contributed by atoms with Gasteiger partial charge in [0.15, 0.2) is 0 Å². The first-order valence-corrected chi connectivity index (χ1v) is 8.89. The quantitative estimate of drug-likeness (QED) is 0.367. The lowest BCUT2D eigenvalue weighted by molar-refractivity contribution is 1.34. The largest absolute Gasteiger partial charge is 0.275 e. The van der Waals surface area contributed by atoms with Gasteiger partial charge in [-0.25, -0.2) is 0 Å². The summed E-state index contributed by atoms with van der Waals surface area (Å²) in [5, 5.41) is 5.67. The van der Waals surface area contributed by atoms with Crippen LogP contribution in [0.2, 0.25) is 15.1 Å². The maximum absolute atomic E-state index is 6.20. The molecule has 1 N–H and O–H groups in total. The Morgan fingerprint density at radius 1 is 0.808 bits per heavy atom. The van der Waals surface area contributed by atoms with E-state index in [4.69, 9.17) is 34.8 Å². The zero-order chi connectivity index (χ0) is 18.4. The number of hydrogen-bond acceptors (Lipinski definition) is 3. The lowest BCUT2D eigenvalue weighted by atomic mass is 10.1. The Bertz CT molecular complexity index is 916. The van der Waals surface area contributed by atoms with Gasteiger partial charge in [-0.3, -0.25) is 10.4 Å². The van der Waals surface area contributed by atoms with E-state index in [-0.39, 0.29) is 0 Å². The van der Waals surface area contributed by atoms with Crippen LogP contribution in [0.5, 0.6) is 0 Å². The molecule has 0 atom stereocenters. The molecule has 6 heteroatoms. The van der Waals surface area contributed by atoms with Gasteiger partial charge < -0.3 is 0 Å². The second-order valence-corrected chi connectivity index (χ2v) is 6.56. The molecule has 0 unspecified atom stereocenters. The van der Waals surface area contributed by atoms with E-state index in [1.54, 1.807) is 18.3 Å². The fourth-order valence-electron chi connectivity index (χ4n) is 2.19. The number of aliphatic imine (C=N–C) groups is 1. The third kappa shape index (κ3) is 4.85. The van der Waals surface area contributed by atoms with Crippen LogP contribution in [0, 0.1) is 0 Å². The summed E-state index contributed by atoms with van der Waals surface area (Å²) in [7, 11) is 0. The highest BCUT2D eigenvalue weighted by molar-refractivity contribution is 6.42. The molecule has 0 aliphatic carbocycles. The van der Waals surface area contributed by atoms with Crippen LogP contribution in [0.1, 0.15) is 5.56 Å². The summed E-state index contributed by atoms with van der Waals surface area (Å²) in [5.41, 5.74) is 5.77. The Kier molecular flexibility index (Phi) is 6.29. The van der Waals surface area contributed by atoms with E-state index in [0.29, 0.717) is 26.5 Å². The molecule has 3 rings (SSSR count). The number of halogens is 3. The maximum Gasteiger partial charge on any atom is 0.109 e. The van der Waals surface area contributed by atoms with Crippen molar-refractivity contribution in [3.8, 4) is 0 Å². The van der Waals surface area contributed by atoms with Crippen molar-refractivity contribution in [3.63, 3.8) is 0 Å². The van der Waals surface area contributed by atoms with Crippen LogP contribution < -0.4 is 5.43 Å². The van der Waals surface area contributed by atoms with Gasteiger partial charge in [-0.1, -0.05) is 83.3 Å². The van der Waals surface area contributed by atoms with Gasteiger partial charge in [-0.05, 0) is 24.3 Å². The number of nitrogens with zero attached hydrogens (tertiary/aromatic N) is 2. The smallest absolute Gasteiger partial charge is 0.109 e. The van der Waals surface area contributed by atoms with E-state index < -0.39 is 0 Å². The van der Waals surface area contributed by atoms with Crippen molar-refractivity contribution in [2.24, 2.45) is 10.1 Å². The molecular formula is C20H14Cl3N3. The van der Waals surface area contributed by atoms with Gasteiger partial charge in [0.05, 0.1) is 27.6 Å². The maximum atomic E-state index is 6.20. The molecule has 130 valence electrons. The van der Waals surface area contributed by atoms with Gasteiger partial charge in [0.1, 0.15) is 5.71 Å². The monoisotopic (exact) mass is 401 g/mol. The molecule has 0 saturated carbocycles. The summed E-state index contributed by atoms with van der Waals surface area (Å²) in [6.45, 7) is 0. The summed E-state index contributed by atoms with van der Waals surface area (Å²) in [6.07, 6.45) is 1.69. The topological polar surface area (TPSA) is 36.8 Å². The minimum Gasteiger partial charge on any atom is -0.275 e. The number of para-hydroxylation sites is 1. The molecule has 0 amide bonds. The van der Waals surface area contributed by atoms with Gasteiger partial charge in [0.2, 0.25) is 0 Å². The summed E-state index contributed by atoms with van der Waals surface area (Å²) >= 11 is 18.4. The van der Waals surface area contributed by atoms with Crippen LogP contribution in [0.15, 0.2) is 82.9 Å². The first-order chi connectivity index (χ1) is 12.6. The number of anilines is 1. The molecule has 0 aromatic heterocycles. The molecule has 26 heavy (non-hydrogen) atoms. The molecule has 3 aromatic carbocycles. The summed E-state index contributed by atoms with van der Waals surface area (Å²) in [5.74, 6) is 0. The van der Waals surface area contributed by atoms with Crippen molar-refractivity contribution >= 4 is 58.1 Å². The molecule has 0 bridgehead atoms. The van der Waals surface area contributed by atoms with Crippen LogP contribution in [0.3, 0.4) is 0 Å². The summed E-state index contributed by atoms with van der Waals surface area (Å²) in [4.78, 5) is 4.47. The Morgan fingerprint density at radius 2 is 1.38 bits per heavy atom. The van der Waals surface area contributed by atoms with Crippen LogP contribution in [-0.2, 0) is 0 Å². The van der Waals surface area contributed by atoms with E-state index in [1.165, 1.54) is 0 Å². The van der Waals surface area contributed by atoms with Crippen molar-refractivity contribution < 1.29 is 0 Å². The highest BCUT2D eigenvalue weighted by Crippen LogP contribution is 2.33. The molecule has 0 aliphatic rings. The number of benzene rings is 3. The average molecular weight is 403 g/mol. The fourth-order valence-corrected chi connectivity index (χ4v) is 3.09. The Balaban J connectivity index is 1.93. The zero-order valence-corrected chi connectivity index (χ0v) is 15.8. The average Bonchev–Trinajstić information content (AvgIpc) is 2.65. The zero-order valence-electron chi connectivity index (χ0n) is 13.5. The minimum atomic E-state index is 0.388. The first-order valence-electron chi connectivity index (χ1n) is 7.76. The third-order valence-corrected chi connectivity index (χ3v) is 4.27. The van der Waals surface area contributed by atoms with Crippen molar-refractivity contribution in [2.75, 3.05) is 5.43 Å². The predicted octanol–water partition coefficient (Wildman–Crippen LogP) is 6.87. The van der Waals surface area contributed by atoms with Crippen molar-refractivity contribution in [1.29, 1.82) is 0 Å². The van der Waals surface area contributed by atoms with Crippen LogP contribution in [0.25, 0.3) is 0 Å². The number of rotatable bonds is 5. The Labute approximate surface area is 166 Å². The Hall–Kier alpha value is -2.33. The first kappa shape index (κ1) is 18.5. The van der Waals surface area contributed by atoms with Gasteiger partial charge in [-0.15, -0.1) is 0 Å². The fraction of sp³-hybridized carbons (Fsp3) is 0. The van der Waals surface area contributed by atoms with E-state index >= 15 is 0 Å². The molecule has 0 heterocycles. The van der Waals surface area contributed by atoms with Crippen LogP contribution in [-0.4, -0.2) is 11.9 Å². The van der Waals surface area contributed by atoms with Crippen molar-refractivity contribution in [1.82, 2.24) is 0 Å². The standard InChI is InChI=1S/C20H14Cl3N3/c21-15-11-17(22)20(18(23)12-15)26-25-19(14-7-3-1-4-8-14)13-24-16-9-5-2-6-10-16/h1-13,26H/b24-13?,25-19+. The molecule has 0 spiro atoms. The van der Waals surface area contributed by atoms with Crippen LogP contribution in [0.4, 0.5) is 11.4 Å². The van der Waals surface area contributed by atoms with Crippen LogP contribution >= 0.6 is 34.8 Å². The second kappa shape index (κ2) is 8.86. The predicted molar refractivity (Wildman–Crippen MR) is 113 cm³/mol. The molecule has 0 aliphatic heterocycles. The number of nitrogens with one attached hydrogen (secondary N) is 1. The summed E-state index contributed by atoms with van der Waals surface area (Å²) in [6, 6.07) is 22.5. The normalized spacial score (nSPS) is 11.7. The van der Waals surface area contributed by atoms with E-state index in [2.05, 4.69) is 15.5 Å².